The highest BCUT2D eigenvalue weighted by Crippen LogP contribution is 2.25. The second kappa shape index (κ2) is 7.57. The molecule has 1 aromatic rings. The van der Waals surface area contributed by atoms with E-state index >= 15 is 0 Å². The molecule has 1 unspecified atom stereocenters. The van der Waals surface area contributed by atoms with Gasteiger partial charge in [-0.1, -0.05) is 40.5 Å². The van der Waals surface area contributed by atoms with Crippen molar-refractivity contribution in [3.05, 3.63) is 17.5 Å². The van der Waals surface area contributed by atoms with Gasteiger partial charge in [0.05, 0.1) is 11.4 Å². The molecule has 0 amide bonds. The van der Waals surface area contributed by atoms with E-state index in [2.05, 4.69) is 55.9 Å². The van der Waals surface area contributed by atoms with Gasteiger partial charge in [0.15, 0.2) is 0 Å². The summed E-state index contributed by atoms with van der Waals surface area (Å²) in [6.45, 7) is 9.93. The van der Waals surface area contributed by atoms with E-state index in [-0.39, 0.29) is 0 Å². The number of hydrogen-bond acceptors (Lipinski definition) is 2. The minimum absolute atomic E-state index is 0.442. The van der Waals surface area contributed by atoms with E-state index in [1.165, 1.54) is 30.7 Å². The smallest absolute Gasteiger partial charge is 0.0625 e. The topological polar surface area (TPSA) is 29.9 Å². The first kappa shape index (κ1) is 15.2. The molecule has 3 heteroatoms. The van der Waals surface area contributed by atoms with E-state index in [9.17, 15) is 0 Å². The van der Waals surface area contributed by atoms with Crippen LogP contribution >= 0.6 is 0 Å². The third-order valence-electron chi connectivity index (χ3n) is 3.86. The lowest BCUT2D eigenvalue weighted by Gasteiger charge is -2.22. The van der Waals surface area contributed by atoms with Gasteiger partial charge in [0.2, 0.25) is 0 Å². The molecule has 18 heavy (non-hydrogen) atoms. The Hall–Kier alpha value is -0.830. The zero-order chi connectivity index (χ0) is 13.5. The van der Waals surface area contributed by atoms with Crippen LogP contribution in [-0.4, -0.2) is 16.3 Å². The van der Waals surface area contributed by atoms with Crippen molar-refractivity contribution in [1.82, 2.24) is 15.1 Å². The van der Waals surface area contributed by atoms with Crippen LogP contribution in [0.1, 0.15) is 64.4 Å². The third-order valence-corrected chi connectivity index (χ3v) is 3.86. The van der Waals surface area contributed by atoms with Gasteiger partial charge in [-0.3, -0.25) is 4.68 Å². The average molecular weight is 251 g/mol. The Bertz CT molecular complexity index is 340. The summed E-state index contributed by atoms with van der Waals surface area (Å²) in [5.74, 6) is 0.800. The summed E-state index contributed by atoms with van der Waals surface area (Å²) in [5, 5.41) is 8.18. The minimum Gasteiger partial charge on any atom is -0.309 e. The second-order valence-corrected chi connectivity index (χ2v) is 5.07. The van der Waals surface area contributed by atoms with Crippen molar-refractivity contribution in [3.8, 4) is 0 Å². The fourth-order valence-electron chi connectivity index (χ4n) is 2.55. The normalized spacial score (nSPS) is 13.2. The van der Waals surface area contributed by atoms with E-state index in [0.29, 0.717) is 6.04 Å². The summed E-state index contributed by atoms with van der Waals surface area (Å²) >= 11 is 0. The molecule has 0 bridgehead atoms. The molecule has 1 heterocycles. The first-order valence-electron chi connectivity index (χ1n) is 7.42. The Balaban J connectivity index is 2.85. The largest absolute Gasteiger partial charge is 0.309 e. The van der Waals surface area contributed by atoms with Crippen molar-refractivity contribution in [2.45, 2.75) is 59.4 Å². The summed E-state index contributed by atoms with van der Waals surface area (Å²) in [4.78, 5) is 0. The number of aromatic nitrogens is 2. The van der Waals surface area contributed by atoms with Gasteiger partial charge in [-0.25, -0.2) is 0 Å². The fraction of sp³-hybridized carbons (Fsp3) is 0.800. The summed E-state index contributed by atoms with van der Waals surface area (Å²) in [6, 6.07) is 2.70. The Labute approximate surface area is 112 Å². The first-order valence-corrected chi connectivity index (χ1v) is 7.42. The van der Waals surface area contributed by atoms with Crippen LogP contribution < -0.4 is 5.32 Å². The van der Waals surface area contributed by atoms with E-state index in [0.717, 1.165) is 18.9 Å². The molecule has 3 nitrogen and oxygen atoms in total. The zero-order valence-corrected chi connectivity index (χ0v) is 12.7. The molecule has 0 spiro atoms. The molecule has 0 radical (unpaired) electrons. The number of nitrogens with zero attached hydrogens (tertiary/aromatic N) is 2. The Kier molecular flexibility index (Phi) is 6.41. The van der Waals surface area contributed by atoms with Gasteiger partial charge in [-0.2, -0.15) is 5.10 Å². The van der Waals surface area contributed by atoms with Crippen molar-refractivity contribution in [1.29, 1.82) is 0 Å². The van der Waals surface area contributed by atoms with Crippen LogP contribution in [0.25, 0.3) is 0 Å². The third kappa shape index (κ3) is 3.84. The highest BCUT2D eigenvalue weighted by molar-refractivity contribution is 5.14. The van der Waals surface area contributed by atoms with Crippen molar-refractivity contribution >= 4 is 0 Å². The van der Waals surface area contributed by atoms with Gasteiger partial charge >= 0.3 is 0 Å². The van der Waals surface area contributed by atoms with Crippen LogP contribution in [0.3, 0.4) is 0 Å². The van der Waals surface area contributed by atoms with Gasteiger partial charge in [0.1, 0.15) is 0 Å². The predicted molar refractivity (Wildman–Crippen MR) is 77.7 cm³/mol. The molecule has 0 aliphatic heterocycles. The van der Waals surface area contributed by atoms with Gasteiger partial charge < -0.3 is 5.32 Å². The molecule has 1 N–H and O–H groups in total. The maximum atomic E-state index is 4.57. The lowest BCUT2D eigenvalue weighted by atomic mass is 9.93. The summed E-state index contributed by atoms with van der Waals surface area (Å²) < 4.78 is 2.05. The molecule has 1 atom stereocenters. The van der Waals surface area contributed by atoms with Crippen LogP contribution in [0.5, 0.6) is 0 Å². The minimum atomic E-state index is 0.442. The number of nitrogens with one attached hydrogen (secondary N) is 1. The van der Waals surface area contributed by atoms with Crippen LogP contribution in [-0.2, 0) is 13.5 Å². The number of hydrogen-bond donors (Lipinski definition) is 1. The first-order chi connectivity index (χ1) is 8.65. The van der Waals surface area contributed by atoms with Gasteiger partial charge in [0, 0.05) is 13.1 Å². The van der Waals surface area contributed by atoms with Crippen LogP contribution in [0.2, 0.25) is 0 Å². The molecule has 0 aliphatic rings. The molecule has 0 saturated carbocycles. The Morgan fingerprint density at radius 3 is 2.33 bits per heavy atom. The molecule has 104 valence electrons. The summed E-state index contributed by atoms with van der Waals surface area (Å²) in [7, 11) is 2.06. The molecule has 1 rings (SSSR count). The zero-order valence-electron chi connectivity index (χ0n) is 12.7. The maximum Gasteiger partial charge on any atom is 0.0625 e. The SMILES string of the molecule is CCNC(CC(CC)CC)c1cc(CC)nn1C. The van der Waals surface area contributed by atoms with Crippen molar-refractivity contribution in [2.24, 2.45) is 13.0 Å². The molecular formula is C15H29N3. The Morgan fingerprint density at radius 2 is 1.89 bits per heavy atom. The highest BCUT2D eigenvalue weighted by atomic mass is 15.3. The molecular weight excluding hydrogens is 222 g/mol. The van der Waals surface area contributed by atoms with Gasteiger partial charge in [-0.15, -0.1) is 0 Å². The van der Waals surface area contributed by atoms with Crippen LogP contribution in [0.15, 0.2) is 6.07 Å². The maximum absolute atomic E-state index is 4.57. The van der Waals surface area contributed by atoms with Gasteiger partial charge in [0.25, 0.3) is 0 Å². The Morgan fingerprint density at radius 1 is 1.22 bits per heavy atom. The average Bonchev–Trinajstić information content (AvgIpc) is 2.76. The molecule has 1 aromatic heterocycles. The second-order valence-electron chi connectivity index (χ2n) is 5.07. The van der Waals surface area contributed by atoms with Crippen LogP contribution in [0, 0.1) is 5.92 Å². The van der Waals surface area contributed by atoms with Crippen molar-refractivity contribution < 1.29 is 0 Å². The van der Waals surface area contributed by atoms with Crippen molar-refractivity contribution in [3.63, 3.8) is 0 Å². The van der Waals surface area contributed by atoms with E-state index < -0.39 is 0 Å². The fourth-order valence-corrected chi connectivity index (χ4v) is 2.55. The van der Waals surface area contributed by atoms with Gasteiger partial charge in [-0.05, 0) is 31.4 Å². The quantitative estimate of drug-likeness (QED) is 0.767. The van der Waals surface area contributed by atoms with E-state index in [1.54, 1.807) is 0 Å². The standard InChI is InChI=1S/C15H29N3/c1-6-12(7-2)10-14(16-9-4)15-11-13(8-3)17-18(15)5/h11-12,14,16H,6-10H2,1-5H3. The summed E-state index contributed by atoms with van der Waals surface area (Å²) in [5.41, 5.74) is 2.53. The summed E-state index contributed by atoms with van der Waals surface area (Å²) in [6.07, 6.45) is 4.74. The number of rotatable bonds is 8. The highest BCUT2D eigenvalue weighted by Gasteiger charge is 2.19. The number of aryl methyl sites for hydroxylation is 2. The molecule has 0 fully saturated rings. The molecule has 0 aliphatic carbocycles. The molecule has 0 aromatic carbocycles. The molecule has 0 saturated heterocycles. The lowest BCUT2D eigenvalue weighted by Crippen LogP contribution is -2.25. The predicted octanol–water partition coefficient (Wildman–Crippen LogP) is 3.46. The van der Waals surface area contributed by atoms with E-state index in [1.807, 2.05) is 0 Å². The van der Waals surface area contributed by atoms with E-state index in [4.69, 9.17) is 0 Å². The van der Waals surface area contributed by atoms with Crippen LogP contribution in [0.4, 0.5) is 0 Å². The monoisotopic (exact) mass is 251 g/mol. The lowest BCUT2D eigenvalue weighted by molar-refractivity contribution is 0.363. The van der Waals surface area contributed by atoms with Crippen molar-refractivity contribution in [2.75, 3.05) is 6.54 Å².